The molecule has 4 N–H and O–H groups in total. The third-order valence-corrected chi connectivity index (χ3v) is 5.31. The van der Waals surface area contributed by atoms with E-state index in [1.54, 1.807) is 0 Å². The molecule has 0 aliphatic heterocycles. The molecule has 0 unspecified atom stereocenters. The molecule has 174 valence electrons. The van der Waals surface area contributed by atoms with Gasteiger partial charge in [-0.3, -0.25) is 4.79 Å². The lowest BCUT2D eigenvalue weighted by Crippen LogP contribution is -2.20. The number of nitrogens with one attached hydrogen (secondary N) is 1. The van der Waals surface area contributed by atoms with E-state index in [2.05, 4.69) is 5.32 Å². The maximum atomic E-state index is 13.9. The summed E-state index contributed by atoms with van der Waals surface area (Å²) in [5.74, 6) is -2.85. The van der Waals surface area contributed by atoms with E-state index < -0.39 is 51.4 Å². The van der Waals surface area contributed by atoms with Gasteiger partial charge in [0.25, 0.3) is 5.91 Å². The fraction of sp³-hybridized carbons (Fsp3) is 0.0952. The highest BCUT2D eigenvalue weighted by Crippen LogP contribution is 2.38. The molecule has 12 heteroatoms. The minimum Gasteiger partial charge on any atom is -0.456 e. The van der Waals surface area contributed by atoms with Crippen molar-refractivity contribution in [3.8, 4) is 11.5 Å². The third-order valence-electron chi connectivity index (χ3n) is 4.40. The number of sulfonamides is 1. The van der Waals surface area contributed by atoms with Gasteiger partial charge in [-0.05, 0) is 36.4 Å². The van der Waals surface area contributed by atoms with E-state index in [0.29, 0.717) is 6.07 Å². The van der Waals surface area contributed by atoms with Crippen LogP contribution in [0.3, 0.4) is 0 Å². The fourth-order valence-corrected chi connectivity index (χ4v) is 3.44. The number of primary sulfonamides is 1. The molecule has 0 aromatic heterocycles. The zero-order valence-corrected chi connectivity index (χ0v) is 17.4. The average molecular weight is 484 g/mol. The number of amides is 1. The molecule has 0 heterocycles. The number of alkyl halides is 3. The first-order chi connectivity index (χ1) is 15.4. The highest BCUT2D eigenvalue weighted by atomic mass is 32.2. The molecular weight excluding hydrogens is 468 g/mol. The minimum atomic E-state index is -4.94. The summed E-state index contributed by atoms with van der Waals surface area (Å²) in [6, 6.07) is 10.6. The number of hydrogen-bond donors (Lipinski definition) is 3. The smallest absolute Gasteiger partial charge is 0.417 e. The highest BCUT2D eigenvalue weighted by molar-refractivity contribution is 7.89. The van der Waals surface area contributed by atoms with Crippen molar-refractivity contribution in [2.24, 2.45) is 5.14 Å². The summed E-state index contributed by atoms with van der Waals surface area (Å²) >= 11 is 0. The van der Waals surface area contributed by atoms with E-state index in [4.69, 9.17) is 15.0 Å². The van der Waals surface area contributed by atoms with Crippen LogP contribution in [0.2, 0.25) is 0 Å². The topological polar surface area (TPSA) is 119 Å². The van der Waals surface area contributed by atoms with Crippen LogP contribution in [0.25, 0.3) is 0 Å². The predicted octanol–water partition coefficient (Wildman–Crippen LogP) is 4.03. The van der Waals surface area contributed by atoms with Gasteiger partial charge in [-0.25, -0.2) is 17.9 Å². The number of carbonyl (C=O) groups is 1. The zero-order valence-electron chi connectivity index (χ0n) is 16.6. The standard InChI is InChI=1S/C21H16F4N2O5S/c22-17-10-14(8-7-12(17)11-28)32-18-6-2-5-16(21(23,24)25)19(18)20(29)27-13-3-1-4-15(9-13)33(26,30)31/h1-10,28H,11H2,(H,27,29)(H2,26,30,31). The number of ether oxygens (including phenoxy) is 1. The summed E-state index contributed by atoms with van der Waals surface area (Å²) in [6.07, 6.45) is -4.94. The van der Waals surface area contributed by atoms with Gasteiger partial charge in [-0.1, -0.05) is 18.2 Å². The van der Waals surface area contributed by atoms with E-state index in [-0.39, 0.29) is 21.9 Å². The van der Waals surface area contributed by atoms with Crippen molar-refractivity contribution >= 4 is 21.6 Å². The molecule has 0 aliphatic carbocycles. The van der Waals surface area contributed by atoms with Crippen LogP contribution >= 0.6 is 0 Å². The first-order valence-corrected chi connectivity index (χ1v) is 10.7. The van der Waals surface area contributed by atoms with Crippen molar-refractivity contribution in [2.75, 3.05) is 5.32 Å². The largest absolute Gasteiger partial charge is 0.456 e. The summed E-state index contributed by atoms with van der Waals surface area (Å²) in [4.78, 5) is 12.5. The minimum absolute atomic E-state index is 0.0564. The number of aliphatic hydroxyl groups excluding tert-OH is 1. The molecule has 0 saturated heterocycles. The molecule has 0 saturated carbocycles. The second-order valence-electron chi connectivity index (χ2n) is 6.72. The number of rotatable bonds is 6. The Morgan fingerprint density at radius 3 is 2.36 bits per heavy atom. The molecule has 0 bridgehead atoms. The Bertz CT molecular complexity index is 1310. The molecule has 0 atom stereocenters. The summed E-state index contributed by atoms with van der Waals surface area (Å²) in [6.45, 7) is -0.596. The number of anilines is 1. The van der Waals surface area contributed by atoms with Gasteiger partial charge in [0.15, 0.2) is 0 Å². The molecule has 1 amide bonds. The Balaban J connectivity index is 2.04. The number of nitrogens with two attached hydrogens (primary N) is 1. The number of hydrogen-bond acceptors (Lipinski definition) is 5. The van der Waals surface area contributed by atoms with Gasteiger partial charge in [-0.15, -0.1) is 0 Å². The SMILES string of the molecule is NS(=O)(=O)c1cccc(NC(=O)c2c(Oc3ccc(CO)c(F)c3)cccc2C(F)(F)F)c1. The second kappa shape index (κ2) is 9.17. The molecular formula is C21H16F4N2O5S. The first kappa shape index (κ1) is 24.2. The quantitative estimate of drug-likeness (QED) is 0.457. The van der Waals surface area contributed by atoms with E-state index in [9.17, 15) is 30.8 Å². The van der Waals surface area contributed by atoms with Gasteiger partial charge < -0.3 is 15.2 Å². The number of benzene rings is 3. The Labute approximate surface area is 185 Å². The maximum Gasteiger partial charge on any atom is 0.417 e. The predicted molar refractivity (Wildman–Crippen MR) is 110 cm³/mol. The molecule has 0 radical (unpaired) electrons. The van der Waals surface area contributed by atoms with Crippen molar-refractivity contribution < 1.29 is 40.6 Å². The Hall–Kier alpha value is -3.48. The molecule has 0 aliphatic rings. The lowest BCUT2D eigenvalue weighted by Gasteiger charge is -2.17. The van der Waals surface area contributed by atoms with E-state index in [1.807, 2.05) is 0 Å². The van der Waals surface area contributed by atoms with Crippen LogP contribution in [0, 0.1) is 5.82 Å². The molecule has 0 spiro atoms. The van der Waals surface area contributed by atoms with Crippen LogP contribution in [0.15, 0.2) is 65.6 Å². The number of carbonyl (C=O) groups excluding carboxylic acids is 1. The van der Waals surface area contributed by atoms with Crippen LogP contribution in [0.4, 0.5) is 23.2 Å². The molecule has 33 heavy (non-hydrogen) atoms. The normalized spacial score (nSPS) is 11.8. The Morgan fingerprint density at radius 1 is 1.06 bits per heavy atom. The summed E-state index contributed by atoms with van der Waals surface area (Å²) in [5, 5.41) is 16.3. The summed E-state index contributed by atoms with van der Waals surface area (Å²) < 4.78 is 83.2. The van der Waals surface area contributed by atoms with Gasteiger partial charge >= 0.3 is 6.18 Å². The van der Waals surface area contributed by atoms with Gasteiger partial charge in [0.2, 0.25) is 10.0 Å². The van der Waals surface area contributed by atoms with Gasteiger partial charge in [-0.2, -0.15) is 13.2 Å². The Morgan fingerprint density at radius 2 is 1.76 bits per heavy atom. The highest BCUT2D eigenvalue weighted by Gasteiger charge is 2.37. The van der Waals surface area contributed by atoms with Crippen LogP contribution in [0.5, 0.6) is 11.5 Å². The van der Waals surface area contributed by atoms with E-state index in [0.717, 1.165) is 30.3 Å². The molecule has 3 aromatic carbocycles. The number of halogens is 4. The van der Waals surface area contributed by atoms with Gasteiger partial charge in [0.1, 0.15) is 17.3 Å². The molecule has 0 fully saturated rings. The Kier molecular flexibility index (Phi) is 6.72. The van der Waals surface area contributed by atoms with Crippen LogP contribution < -0.4 is 15.2 Å². The molecule has 3 aromatic rings. The zero-order chi connectivity index (χ0) is 24.4. The fourth-order valence-electron chi connectivity index (χ4n) is 2.88. The summed E-state index contributed by atoms with van der Waals surface area (Å²) in [7, 11) is -4.13. The van der Waals surface area contributed by atoms with Crippen molar-refractivity contribution in [3.63, 3.8) is 0 Å². The average Bonchev–Trinajstić information content (AvgIpc) is 2.72. The van der Waals surface area contributed by atoms with Gasteiger partial charge in [0.05, 0.1) is 22.6 Å². The van der Waals surface area contributed by atoms with Crippen molar-refractivity contribution in [1.29, 1.82) is 0 Å². The lowest BCUT2D eigenvalue weighted by molar-refractivity contribution is -0.138. The van der Waals surface area contributed by atoms with Crippen LogP contribution in [-0.4, -0.2) is 19.4 Å². The lowest BCUT2D eigenvalue weighted by atomic mass is 10.0. The van der Waals surface area contributed by atoms with E-state index >= 15 is 0 Å². The van der Waals surface area contributed by atoms with Crippen LogP contribution in [0.1, 0.15) is 21.5 Å². The monoisotopic (exact) mass is 484 g/mol. The van der Waals surface area contributed by atoms with E-state index in [1.165, 1.54) is 24.3 Å². The summed E-state index contributed by atoms with van der Waals surface area (Å²) in [5.41, 5.74) is -2.42. The van der Waals surface area contributed by atoms with Crippen molar-refractivity contribution in [1.82, 2.24) is 0 Å². The second-order valence-corrected chi connectivity index (χ2v) is 8.28. The van der Waals surface area contributed by atoms with Crippen LogP contribution in [-0.2, 0) is 22.8 Å². The van der Waals surface area contributed by atoms with Crippen molar-refractivity contribution in [3.05, 3.63) is 83.2 Å². The molecule has 7 nitrogen and oxygen atoms in total. The molecule has 3 rings (SSSR count). The third kappa shape index (κ3) is 5.66. The first-order valence-electron chi connectivity index (χ1n) is 9.11. The number of aliphatic hydroxyl groups is 1. The van der Waals surface area contributed by atoms with Gasteiger partial charge in [0, 0.05) is 17.3 Å². The maximum absolute atomic E-state index is 13.9. The van der Waals surface area contributed by atoms with Crippen molar-refractivity contribution in [2.45, 2.75) is 17.7 Å².